The Kier molecular flexibility index (Phi) is 4.69. The van der Waals surface area contributed by atoms with Gasteiger partial charge in [0.15, 0.2) is 5.72 Å². The number of aliphatic hydroxyl groups is 1. The third kappa shape index (κ3) is 3.16. The lowest BCUT2D eigenvalue weighted by Gasteiger charge is -2.35. The van der Waals surface area contributed by atoms with Crippen molar-refractivity contribution in [1.82, 2.24) is 9.97 Å². The minimum absolute atomic E-state index is 0.0325. The molecule has 2 heterocycles. The van der Waals surface area contributed by atoms with Gasteiger partial charge in [0.2, 0.25) is 5.95 Å². The molecule has 1 aliphatic rings. The minimum atomic E-state index is -2.15. The first-order valence-electron chi connectivity index (χ1n) is 9.51. The molecule has 0 aliphatic carbocycles. The molecule has 0 bridgehead atoms. The number of nitrogens with one attached hydrogen (secondary N) is 2. The van der Waals surface area contributed by atoms with E-state index in [-0.39, 0.29) is 32.8 Å². The second-order valence-corrected chi connectivity index (χ2v) is 8.18. The van der Waals surface area contributed by atoms with Crippen molar-refractivity contribution in [3.63, 3.8) is 0 Å². The summed E-state index contributed by atoms with van der Waals surface area (Å²) in [5, 5.41) is 23.0. The summed E-state index contributed by atoms with van der Waals surface area (Å²) in [6.45, 7) is 0. The quantitative estimate of drug-likeness (QED) is 0.299. The number of carboxylic acid groups (broad SMARTS) is 1. The minimum Gasteiger partial charge on any atom is -0.465 e. The van der Waals surface area contributed by atoms with Gasteiger partial charge in [-0.15, -0.1) is 0 Å². The molecule has 0 saturated heterocycles. The summed E-state index contributed by atoms with van der Waals surface area (Å²) < 4.78 is 28.7. The molecule has 8 nitrogen and oxygen atoms in total. The lowest BCUT2D eigenvalue weighted by Crippen LogP contribution is -2.45. The van der Waals surface area contributed by atoms with E-state index in [2.05, 4.69) is 31.2 Å². The van der Waals surface area contributed by atoms with E-state index in [0.717, 1.165) is 11.0 Å². The fraction of sp³-hybridized carbons (Fsp3) is 0.0455. The molecule has 5 rings (SSSR count). The van der Waals surface area contributed by atoms with Crippen LogP contribution in [0.1, 0.15) is 21.5 Å². The number of aromatic nitrogens is 2. The molecule has 33 heavy (non-hydrogen) atoms. The Bertz CT molecular complexity index is 1470. The summed E-state index contributed by atoms with van der Waals surface area (Å²) in [6.07, 6.45) is -1.31. The van der Waals surface area contributed by atoms with Crippen LogP contribution >= 0.6 is 15.9 Å². The first kappa shape index (κ1) is 21.0. The number of halogens is 3. The summed E-state index contributed by atoms with van der Waals surface area (Å²) in [6, 6.07) is 12.5. The van der Waals surface area contributed by atoms with Gasteiger partial charge in [-0.2, -0.15) is 0 Å². The van der Waals surface area contributed by atoms with E-state index in [0.29, 0.717) is 17.1 Å². The zero-order valence-corrected chi connectivity index (χ0v) is 18.0. The lowest BCUT2D eigenvalue weighted by atomic mass is 9.93. The molecule has 166 valence electrons. The molecule has 0 fully saturated rings. The number of fused-ring (bicyclic) bond motifs is 2. The van der Waals surface area contributed by atoms with Gasteiger partial charge >= 0.3 is 6.09 Å². The van der Waals surface area contributed by atoms with Gasteiger partial charge < -0.3 is 15.2 Å². The smallest absolute Gasteiger partial charge is 0.411 e. The molecule has 0 spiro atoms. The standard InChI is InChI=1S/C22H13BrF2N4O4/c23-13-8-18(15(25)9-14(13)24)29-19(30)11-3-1-2-4-12(11)22(29,33)10-5-6-16-17(7-10)27-20(26-16)28-21(31)32/h1-9,33H,(H,31,32)(H2,26,27,28). The van der Waals surface area contributed by atoms with Crippen LogP contribution in [0.5, 0.6) is 0 Å². The molecule has 2 amide bonds. The Labute approximate surface area is 192 Å². The van der Waals surface area contributed by atoms with Crippen molar-refractivity contribution < 1.29 is 28.6 Å². The van der Waals surface area contributed by atoms with Crippen LogP contribution in [-0.4, -0.2) is 32.2 Å². The zero-order valence-electron chi connectivity index (χ0n) is 16.4. The average Bonchev–Trinajstić information content (AvgIpc) is 3.27. The second-order valence-electron chi connectivity index (χ2n) is 7.32. The first-order chi connectivity index (χ1) is 15.7. The molecule has 4 N–H and O–H groups in total. The Morgan fingerprint density at radius 3 is 2.64 bits per heavy atom. The van der Waals surface area contributed by atoms with Crippen molar-refractivity contribution in [1.29, 1.82) is 0 Å². The topological polar surface area (TPSA) is 119 Å². The SMILES string of the molecule is O=C(O)Nc1nc2cc(C3(O)c4ccccc4C(=O)N3c3cc(Br)c(F)cc3F)ccc2[nH]1. The highest BCUT2D eigenvalue weighted by Gasteiger charge is 2.51. The highest BCUT2D eigenvalue weighted by atomic mass is 79.9. The number of nitrogens with zero attached hydrogens (tertiary/aromatic N) is 2. The number of H-pyrrole nitrogens is 1. The molecule has 11 heteroatoms. The average molecular weight is 515 g/mol. The predicted molar refractivity (Wildman–Crippen MR) is 118 cm³/mol. The van der Waals surface area contributed by atoms with Gasteiger partial charge in [-0.05, 0) is 40.2 Å². The molecule has 1 unspecified atom stereocenters. The fourth-order valence-electron chi connectivity index (χ4n) is 4.00. The van der Waals surface area contributed by atoms with E-state index >= 15 is 0 Å². The van der Waals surface area contributed by atoms with E-state index in [4.69, 9.17) is 5.11 Å². The summed E-state index contributed by atoms with van der Waals surface area (Å²) >= 11 is 3.00. The van der Waals surface area contributed by atoms with Crippen LogP contribution in [-0.2, 0) is 5.72 Å². The molecule has 0 radical (unpaired) electrons. The Morgan fingerprint density at radius 1 is 1.12 bits per heavy atom. The number of carbonyl (C=O) groups excluding carboxylic acids is 1. The number of hydrogen-bond acceptors (Lipinski definition) is 4. The van der Waals surface area contributed by atoms with Crippen molar-refractivity contribution in [2.75, 3.05) is 10.2 Å². The molecule has 0 saturated carbocycles. The molecule has 1 atom stereocenters. The maximum absolute atomic E-state index is 14.9. The van der Waals surface area contributed by atoms with Crippen molar-refractivity contribution >= 4 is 50.6 Å². The predicted octanol–water partition coefficient (Wildman–Crippen LogP) is 4.55. The molecular formula is C22H13BrF2N4O4. The Hall–Kier alpha value is -3.83. The molecule has 4 aromatic rings. The third-order valence-corrected chi connectivity index (χ3v) is 6.01. The van der Waals surface area contributed by atoms with Gasteiger partial charge in [-0.3, -0.25) is 15.0 Å². The monoisotopic (exact) mass is 514 g/mol. The lowest BCUT2D eigenvalue weighted by molar-refractivity contribution is 0.0698. The van der Waals surface area contributed by atoms with Gasteiger partial charge in [0.1, 0.15) is 11.6 Å². The van der Waals surface area contributed by atoms with Gasteiger partial charge in [-0.1, -0.05) is 24.3 Å². The number of carbonyl (C=O) groups is 2. The van der Waals surface area contributed by atoms with E-state index in [1.807, 2.05) is 0 Å². The Balaban J connectivity index is 1.74. The second kappa shape index (κ2) is 7.36. The van der Waals surface area contributed by atoms with E-state index in [9.17, 15) is 23.5 Å². The molecule has 1 aromatic heterocycles. The van der Waals surface area contributed by atoms with Crippen LogP contribution in [0, 0.1) is 11.6 Å². The van der Waals surface area contributed by atoms with Crippen molar-refractivity contribution in [2.45, 2.75) is 5.72 Å². The van der Waals surface area contributed by atoms with E-state index in [1.54, 1.807) is 18.2 Å². The van der Waals surface area contributed by atoms with Gasteiger partial charge in [0.25, 0.3) is 5.91 Å². The summed E-state index contributed by atoms with van der Waals surface area (Å²) in [5.74, 6) is -2.61. The number of anilines is 2. The summed E-state index contributed by atoms with van der Waals surface area (Å²) in [4.78, 5) is 32.0. The van der Waals surface area contributed by atoms with Crippen molar-refractivity contribution in [3.05, 3.63) is 87.4 Å². The normalized spacial score (nSPS) is 17.5. The van der Waals surface area contributed by atoms with E-state index < -0.39 is 29.4 Å². The molecule has 1 aliphatic heterocycles. The number of amides is 2. The highest BCUT2D eigenvalue weighted by molar-refractivity contribution is 9.10. The molecular weight excluding hydrogens is 502 g/mol. The highest BCUT2D eigenvalue weighted by Crippen LogP contribution is 2.46. The van der Waals surface area contributed by atoms with Crippen molar-refractivity contribution in [3.8, 4) is 0 Å². The van der Waals surface area contributed by atoms with Crippen LogP contribution in [0.3, 0.4) is 0 Å². The maximum Gasteiger partial charge on any atom is 0.411 e. The summed E-state index contributed by atoms with van der Waals surface area (Å²) in [7, 11) is 0. The van der Waals surface area contributed by atoms with E-state index in [1.165, 1.54) is 24.3 Å². The van der Waals surface area contributed by atoms with Gasteiger partial charge in [-0.25, -0.2) is 18.6 Å². The largest absolute Gasteiger partial charge is 0.465 e. The maximum atomic E-state index is 14.9. The number of hydrogen-bond donors (Lipinski definition) is 4. The number of aromatic amines is 1. The first-order valence-corrected chi connectivity index (χ1v) is 10.3. The van der Waals surface area contributed by atoms with Crippen LogP contribution in [0.25, 0.3) is 11.0 Å². The molecule has 3 aromatic carbocycles. The number of benzene rings is 3. The van der Waals surface area contributed by atoms with Crippen molar-refractivity contribution in [2.24, 2.45) is 0 Å². The Morgan fingerprint density at radius 2 is 1.88 bits per heavy atom. The van der Waals surface area contributed by atoms with Gasteiger partial charge in [0.05, 0.1) is 21.2 Å². The van der Waals surface area contributed by atoms with Crippen LogP contribution in [0.15, 0.2) is 59.1 Å². The number of rotatable bonds is 3. The van der Waals surface area contributed by atoms with Crippen LogP contribution in [0.4, 0.5) is 25.2 Å². The van der Waals surface area contributed by atoms with Crippen LogP contribution in [0.2, 0.25) is 0 Å². The number of imidazole rings is 1. The van der Waals surface area contributed by atoms with Gasteiger partial charge in [0, 0.05) is 22.8 Å². The fourth-order valence-corrected chi connectivity index (χ4v) is 4.33. The van der Waals surface area contributed by atoms with Crippen LogP contribution < -0.4 is 10.2 Å². The third-order valence-electron chi connectivity index (χ3n) is 5.40. The summed E-state index contributed by atoms with van der Waals surface area (Å²) in [5.41, 5.74) is -1.21. The zero-order chi connectivity index (χ0) is 23.5.